The monoisotopic (exact) mass is 209 g/mol. The summed E-state index contributed by atoms with van der Waals surface area (Å²) in [6.45, 7) is 14.1. The first-order valence-corrected chi connectivity index (χ1v) is 6.07. The molecule has 0 saturated heterocycles. The lowest BCUT2D eigenvalue weighted by atomic mass is 9.91. The van der Waals surface area contributed by atoms with Crippen molar-refractivity contribution in [3.63, 3.8) is 0 Å². The molecule has 15 heavy (non-hydrogen) atoms. The number of likely N-dealkylation sites (N-methyl/N-ethyl adjacent to an activating group) is 1. The van der Waals surface area contributed by atoms with Crippen LogP contribution in [0.3, 0.4) is 0 Å². The summed E-state index contributed by atoms with van der Waals surface area (Å²) in [7, 11) is 1.97. The van der Waals surface area contributed by atoms with Crippen LogP contribution < -0.4 is 5.32 Å². The lowest BCUT2D eigenvalue weighted by Crippen LogP contribution is -2.14. The Morgan fingerprint density at radius 2 is 1.93 bits per heavy atom. The largest absolute Gasteiger partial charge is 0.316 e. The van der Waals surface area contributed by atoms with Crippen molar-refractivity contribution in [1.82, 2.24) is 5.32 Å². The minimum Gasteiger partial charge on any atom is -0.316 e. The summed E-state index contributed by atoms with van der Waals surface area (Å²) < 4.78 is 0. The van der Waals surface area contributed by atoms with Gasteiger partial charge in [0.25, 0.3) is 0 Å². The highest BCUT2D eigenvalue weighted by molar-refractivity contribution is 5.31. The van der Waals surface area contributed by atoms with Crippen LogP contribution in [0.1, 0.15) is 40.5 Å². The first kappa shape index (κ1) is 14.4. The van der Waals surface area contributed by atoms with Crippen LogP contribution in [-0.4, -0.2) is 13.6 Å². The zero-order valence-electron chi connectivity index (χ0n) is 11.1. The summed E-state index contributed by atoms with van der Waals surface area (Å²) >= 11 is 0. The summed E-state index contributed by atoms with van der Waals surface area (Å²) in [5.41, 5.74) is 2.65. The van der Waals surface area contributed by atoms with E-state index in [9.17, 15) is 0 Å². The Hall–Kier alpha value is -0.560. The molecule has 0 fully saturated rings. The molecule has 0 amide bonds. The zero-order valence-corrected chi connectivity index (χ0v) is 11.1. The molecule has 0 unspecified atom stereocenters. The number of rotatable bonds is 7. The predicted octanol–water partition coefficient (Wildman–Crippen LogP) is 3.78. The van der Waals surface area contributed by atoms with Gasteiger partial charge < -0.3 is 5.32 Å². The average molecular weight is 209 g/mol. The number of hydrogen-bond acceptors (Lipinski definition) is 1. The van der Waals surface area contributed by atoms with E-state index in [1.165, 1.54) is 24.0 Å². The second-order valence-corrected chi connectivity index (χ2v) is 4.68. The van der Waals surface area contributed by atoms with Gasteiger partial charge in [0.15, 0.2) is 0 Å². The summed E-state index contributed by atoms with van der Waals surface area (Å²) in [5, 5.41) is 3.17. The van der Waals surface area contributed by atoms with E-state index >= 15 is 0 Å². The highest BCUT2D eigenvalue weighted by atomic mass is 14.8. The third-order valence-electron chi connectivity index (χ3n) is 2.63. The molecule has 1 N–H and O–H groups in total. The Balaban J connectivity index is 4.57. The van der Waals surface area contributed by atoms with Crippen molar-refractivity contribution in [2.75, 3.05) is 13.6 Å². The van der Waals surface area contributed by atoms with Gasteiger partial charge in [-0.05, 0) is 36.5 Å². The molecule has 0 aromatic rings. The number of nitrogens with one attached hydrogen (secondary N) is 1. The van der Waals surface area contributed by atoms with Crippen LogP contribution in [0.4, 0.5) is 0 Å². The molecule has 0 aliphatic carbocycles. The minimum absolute atomic E-state index is 0.574. The second-order valence-electron chi connectivity index (χ2n) is 4.68. The number of allylic oxidation sites excluding steroid dienone is 1. The van der Waals surface area contributed by atoms with Crippen molar-refractivity contribution in [2.24, 2.45) is 11.8 Å². The maximum atomic E-state index is 4.15. The maximum absolute atomic E-state index is 4.15. The molecule has 0 saturated carbocycles. The molecule has 0 spiro atoms. The normalized spacial score (nSPS) is 14.4. The molecular formula is C14H27N. The van der Waals surface area contributed by atoms with Gasteiger partial charge in [0.05, 0.1) is 0 Å². The van der Waals surface area contributed by atoms with Crippen LogP contribution >= 0.6 is 0 Å². The highest BCUT2D eigenvalue weighted by Crippen LogP contribution is 2.21. The molecule has 0 aromatic heterocycles. The predicted molar refractivity (Wildman–Crippen MR) is 70.1 cm³/mol. The van der Waals surface area contributed by atoms with Crippen molar-refractivity contribution in [2.45, 2.75) is 40.5 Å². The van der Waals surface area contributed by atoms with Crippen LogP contribution in [-0.2, 0) is 0 Å². The van der Waals surface area contributed by atoms with Gasteiger partial charge in [0, 0.05) is 6.54 Å². The fraction of sp³-hybridized carbons (Fsp3) is 0.714. The molecule has 0 bridgehead atoms. The quantitative estimate of drug-likeness (QED) is 0.629. The zero-order chi connectivity index (χ0) is 11.8. The van der Waals surface area contributed by atoms with Gasteiger partial charge in [-0.2, -0.15) is 0 Å². The summed E-state index contributed by atoms with van der Waals surface area (Å²) in [5.74, 6) is 1.24. The molecule has 88 valence electrons. The van der Waals surface area contributed by atoms with Gasteiger partial charge in [-0.25, -0.2) is 0 Å². The van der Waals surface area contributed by atoms with Crippen LogP contribution in [0.15, 0.2) is 23.8 Å². The minimum atomic E-state index is 0.574. The molecule has 0 radical (unpaired) electrons. The Kier molecular flexibility index (Phi) is 7.41. The van der Waals surface area contributed by atoms with Crippen LogP contribution in [0.5, 0.6) is 0 Å². The van der Waals surface area contributed by atoms with E-state index in [1.54, 1.807) is 0 Å². The van der Waals surface area contributed by atoms with Crippen molar-refractivity contribution in [1.29, 1.82) is 0 Å². The first-order chi connectivity index (χ1) is 7.02. The highest BCUT2D eigenvalue weighted by Gasteiger charge is 2.08. The summed E-state index contributed by atoms with van der Waals surface area (Å²) in [6, 6.07) is 0. The van der Waals surface area contributed by atoms with Gasteiger partial charge in [-0.1, -0.05) is 46.8 Å². The summed E-state index contributed by atoms with van der Waals surface area (Å²) in [6.07, 6.45) is 4.92. The van der Waals surface area contributed by atoms with E-state index in [4.69, 9.17) is 0 Å². The standard InChI is InChI=1S/C14H27N/c1-7-8-12(4)9-14(11(2)3)13(5)10-15-6/h9,11-12,15H,5,7-8,10H2,1-4,6H3/b14-9+/t12-/m0/s1. The Morgan fingerprint density at radius 1 is 1.33 bits per heavy atom. The molecule has 0 heterocycles. The fourth-order valence-corrected chi connectivity index (χ4v) is 1.88. The lowest BCUT2D eigenvalue weighted by molar-refractivity contribution is 0.618. The van der Waals surface area contributed by atoms with Crippen LogP contribution in [0.2, 0.25) is 0 Å². The van der Waals surface area contributed by atoms with E-state index in [1.807, 2.05) is 7.05 Å². The van der Waals surface area contributed by atoms with Crippen molar-refractivity contribution in [3.05, 3.63) is 23.8 Å². The maximum Gasteiger partial charge on any atom is 0.0199 e. The van der Waals surface area contributed by atoms with E-state index < -0.39 is 0 Å². The lowest BCUT2D eigenvalue weighted by Gasteiger charge is -2.17. The number of hydrogen-bond donors (Lipinski definition) is 1. The van der Waals surface area contributed by atoms with Gasteiger partial charge in [-0.15, -0.1) is 0 Å². The van der Waals surface area contributed by atoms with Crippen molar-refractivity contribution in [3.8, 4) is 0 Å². The van der Waals surface area contributed by atoms with Gasteiger partial charge in [0.2, 0.25) is 0 Å². The molecule has 0 aromatic carbocycles. The first-order valence-electron chi connectivity index (χ1n) is 6.07. The molecule has 1 heteroatoms. The fourth-order valence-electron chi connectivity index (χ4n) is 1.88. The SMILES string of the molecule is C=C(CNC)/C(=C/[C@@H](C)CCC)C(C)C. The third-order valence-corrected chi connectivity index (χ3v) is 2.63. The molecule has 1 atom stereocenters. The Bertz CT molecular complexity index is 213. The van der Waals surface area contributed by atoms with Crippen LogP contribution in [0, 0.1) is 11.8 Å². The van der Waals surface area contributed by atoms with Crippen molar-refractivity contribution >= 4 is 0 Å². The van der Waals surface area contributed by atoms with E-state index in [0.29, 0.717) is 11.8 Å². The Morgan fingerprint density at radius 3 is 2.33 bits per heavy atom. The van der Waals surface area contributed by atoms with E-state index in [0.717, 1.165) is 6.54 Å². The van der Waals surface area contributed by atoms with Crippen molar-refractivity contribution < 1.29 is 0 Å². The second kappa shape index (κ2) is 7.70. The smallest absolute Gasteiger partial charge is 0.0199 e. The molecule has 0 aliphatic heterocycles. The van der Waals surface area contributed by atoms with E-state index in [2.05, 4.69) is 45.7 Å². The van der Waals surface area contributed by atoms with Gasteiger partial charge in [-0.3, -0.25) is 0 Å². The van der Waals surface area contributed by atoms with Gasteiger partial charge >= 0.3 is 0 Å². The third kappa shape index (κ3) is 5.78. The average Bonchev–Trinajstić information content (AvgIpc) is 2.14. The van der Waals surface area contributed by atoms with E-state index in [-0.39, 0.29) is 0 Å². The Labute approximate surface area is 95.7 Å². The molecule has 0 aliphatic rings. The topological polar surface area (TPSA) is 12.0 Å². The van der Waals surface area contributed by atoms with Crippen LogP contribution in [0.25, 0.3) is 0 Å². The summed E-state index contributed by atoms with van der Waals surface area (Å²) in [4.78, 5) is 0. The molecular weight excluding hydrogens is 182 g/mol. The molecule has 1 nitrogen and oxygen atoms in total. The molecule has 0 rings (SSSR count). The van der Waals surface area contributed by atoms with Gasteiger partial charge in [0.1, 0.15) is 0 Å².